The first-order valence-corrected chi connectivity index (χ1v) is 5.95. The lowest BCUT2D eigenvalue weighted by Gasteiger charge is -2.08. The second kappa shape index (κ2) is 6.42. The van der Waals surface area contributed by atoms with Crippen LogP contribution in [0.5, 0.6) is 0 Å². The third-order valence-electron chi connectivity index (χ3n) is 2.53. The molecule has 1 aromatic carbocycles. The van der Waals surface area contributed by atoms with Gasteiger partial charge in [-0.3, -0.25) is 9.78 Å². The third-order valence-corrected chi connectivity index (χ3v) is 2.53. The number of hydrogen-bond donors (Lipinski definition) is 1. The Bertz CT molecular complexity index is 614. The number of carbonyl (C=O) groups excluding carboxylic acids is 2. The van der Waals surface area contributed by atoms with Crippen LogP contribution in [0.15, 0.2) is 42.9 Å². The zero-order chi connectivity index (χ0) is 14.4. The summed E-state index contributed by atoms with van der Waals surface area (Å²) < 4.78 is 4.85. The molecule has 102 valence electrons. The van der Waals surface area contributed by atoms with Crippen LogP contribution in [0.1, 0.15) is 16.1 Å². The van der Waals surface area contributed by atoms with Crippen LogP contribution in [-0.4, -0.2) is 28.5 Å². The first kappa shape index (κ1) is 13.7. The van der Waals surface area contributed by atoms with Crippen molar-refractivity contribution < 1.29 is 14.3 Å². The lowest BCUT2D eigenvalue weighted by molar-refractivity contribution is -0.119. The molecule has 0 unspecified atom stereocenters. The summed E-state index contributed by atoms with van der Waals surface area (Å²) in [5.74, 6) is -1.09. The standard InChI is InChI=1S/C14H13N3O3/c1-10-4-2-3-5-11(10)17-13(18)9-20-14(19)12-8-15-6-7-16-12/h2-8H,9H2,1H3,(H,17,18). The van der Waals surface area contributed by atoms with Crippen LogP contribution in [0.25, 0.3) is 0 Å². The molecule has 0 aliphatic carbocycles. The van der Waals surface area contributed by atoms with E-state index in [1.165, 1.54) is 18.6 Å². The van der Waals surface area contributed by atoms with Crippen LogP contribution in [-0.2, 0) is 9.53 Å². The normalized spacial score (nSPS) is 9.85. The van der Waals surface area contributed by atoms with Gasteiger partial charge in [0.1, 0.15) is 0 Å². The second-order valence-electron chi connectivity index (χ2n) is 4.03. The molecule has 20 heavy (non-hydrogen) atoms. The minimum Gasteiger partial charge on any atom is -0.451 e. The van der Waals surface area contributed by atoms with Crippen molar-refractivity contribution in [3.8, 4) is 0 Å². The van der Waals surface area contributed by atoms with Crippen molar-refractivity contribution in [1.29, 1.82) is 0 Å². The van der Waals surface area contributed by atoms with E-state index >= 15 is 0 Å². The molecular formula is C14H13N3O3. The fraction of sp³-hybridized carbons (Fsp3) is 0.143. The van der Waals surface area contributed by atoms with E-state index in [2.05, 4.69) is 15.3 Å². The summed E-state index contributed by atoms with van der Waals surface area (Å²) in [6, 6.07) is 7.34. The number of para-hydroxylation sites is 1. The first-order chi connectivity index (χ1) is 9.66. The Kier molecular flexibility index (Phi) is 4.39. The predicted octanol–water partition coefficient (Wildman–Crippen LogP) is 1.58. The van der Waals surface area contributed by atoms with Crippen LogP contribution >= 0.6 is 0 Å². The Morgan fingerprint density at radius 1 is 1.25 bits per heavy atom. The molecule has 1 N–H and O–H groups in total. The topological polar surface area (TPSA) is 81.2 Å². The Hall–Kier alpha value is -2.76. The summed E-state index contributed by atoms with van der Waals surface area (Å²) in [4.78, 5) is 30.8. The number of rotatable bonds is 4. The van der Waals surface area contributed by atoms with Gasteiger partial charge in [-0.2, -0.15) is 0 Å². The van der Waals surface area contributed by atoms with Crippen molar-refractivity contribution in [2.24, 2.45) is 0 Å². The van der Waals surface area contributed by atoms with Gasteiger partial charge in [-0.05, 0) is 18.6 Å². The molecule has 0 aliphatic heterocycles. The van der Waals surface area contributed by atoms with Gasteiger partial charge < -0.3 is 10.1 Å². The molecule has 2 rings (SSSR count). The molecule has 0 saturated heterocycles. The minimum absolute atomic E-state index is 0.0659. The van der Waals surface area contributed by atoms with E-state index < -0.39 is 11.9 Å². The first-order valence-electron chi connectivity index (χ1n) is 5.95. The van der Waals surface area contributed by atoms with Gasteiger partial charge in [0.15, 0.2) is 12.3 Å². The van der Waals surface area contributed by atoms with Gasteiger partial charge in [-0.25, -0.2) is 9.78 Å². The fourth-order valence-corrected chi connectivity index (χ4v) is 1.51. The summed E-state index contributed by atoms with van der Waals surface area (Å²) in [6.07, 6.45) is 4.10. The average molecular weight is 271 g/mol. The van der Waals surface area contributed by atoms with Crippen molar-refractivity contribution in [3.05, 3.63) is 54.1 Å². The Labute approximate surface area is 115 Å². The van der Waals surface area contributed by atoms with Crippen molar-refractivity contribution in [2.75, 3.05) is 11.9 Å². The van der Waals surface area contributed by atoms with Gasteiger partial charge >= 0.3 is 5.97 Å². The molecule has 1 heterocycles. The number of nitrogens with zero attached hydrogens (tertiary/aromatic N) is 2. The molecule has 0 atom stereocenters. The number of esters is 1. The molecule has 6 nitrogen and oxygen atoms in total. The number of aryl methyl sites for hydroxylation is 1. The molecule has 0 bridgehead atoms. The minimum atomic E-state index is -0.682. The van der Waals surface area contributed by atoms with Crippen molar-refractivity contribution in [3.63, 3.8) is 0 Å². The van der Waals surface area contributed by atoms with E-state index in [0.29, 0.717) is 5.69 Å². The lowest BCUT2D eigenvalue weighted by Crippen LogP contribution is -2.21. The van der Waals surface area contributed by atoms with E-state index in [1.807, 2.05) is 25.1 Å². The SMILES string of the molecule is Cc1ccccc1NC(=O)COC(=O)c1cnccn1. The number of hydrogen-bond acceptors (Lipinski definition) is 5. The summed E-state index contributed by atoms with van der Waals surface area (Å²) >= 11 is 0. The predicted molar refractivity (Wildman–Crippen MR) is 72.1 cm³/mol. The van der Waals surface area contributed by atoms with Crippen molar-refractivity contribution in [1.82, 2.24) is 9.97 Å². The number of anilines is 1. The summed E-state index contributed by atoms with van der Waals surface area (Å²) in [5, 5.41) is 2.66. The molecule has 0 spiro atoms. The number of benzene rings is 1. The lowest BCUT2D eigenvalue weighted by atomic mass is 10.2. The zero-order valence-corrected chi connectivity index (χ0v) is 10.9. The van der Waals surface area contributed by atoms with E-state index in [9.17, 15) is 9.59 Å². The molecule has 0 saturated carbocycles. The van der Waals surface area contributed by atoms with Crippen molar-refractivity contribution >= 4 is 17.6 Å². The Balaban J connectivity index is 1.87. The highest BCUT2D eigenvalue weighted by Crippen LogP contribution is 2.12. The molecule has 0 aliphatic rings. The maximum atomic E-state index is 11.7. The maximum absolute atomic E-state index is 11.7. The monoisotopic (exact) mass is 271 g/mol. The van der Waals surface area contributed by atoms with E-state index in [0.717, 1.165) is 5.56 Å². The van der Waals surface area contributed by atoms with E-state index in [4.69, 9.17) is 4.74 Å². The van der Waals surface area contributed by atoms with Gasteiger partial charge in [0, 0.05) is 18.1 Å². The molecule has 0 fully saturated rings. The van der Waals surface area contributed by atoms with E-state index in [1.54, 1.807) is 6.07 Å². The highest BCUT2D eigenvalue weighted by Gasteiger charge is 2.11. The highest BCUT2D eigenvalue weighted by atomic mass is 16.5. The number of ether oxygens (including phenoxy) is 1. The highest BCUT2D eigenvalue weighted by molar-refractivity contribution is 5.95. The van der Waals surface area contributed by atoms with Crippen LogP contribution in [0, 0.1) is 6.92 Å². The molecule has 6 heteroatoms. The Morgan fingerprint density at radius 2 is 2.05 bits per heavy atom. The van der Waals surface area contributed by atoms with Crippen LogP contribution in [0.4, 0.5) is 5.69 Å². The summed E-state index contributed by atoms with van der Waals surface area (Å²) in [6.45, 7) is 1.50. The van der Waals surface area contributed by atoms with Gasteiger partial charge in [0.25, 0.3) is 5.91 Å². The zero-order valence-electron chi connectivity index (χ0n) is 10.9. The smallest absolute Gasteiger partial charge is 0.359 e. The molecule has 1 aromatic heterocycles. The number of nitrogens with one attached hydrogen (secondary N) is 1. The van der Waals surface area contributed by atoms with Crippen LogP contribution in [0.3, 0.4) is 0 Å². The van der Waals surface area contributed by atoms with Gasteiger partial charge in [-0.1, -0.05) is 18.2 Å². The maximum Gasteiger partial charge on any atom is 0.359 e. The molecular weight excluding hydrogens is 258 g/mol. The molecule has 1 amide bonds. The molecule has 2 aromatic rings. The number of amides is 1. The van der Waals surface area contributed by atoms with Crippen LogP contribution < -0.4 is 5.32 Å². The third kappa shape index (κ3) is 3.61. The fourth-order valence-electron chi connectivity index (χ4n) is 1.51. The summed E-state index contributed by atoms with van der Waals surface area (Å²) in [5.41, 5.74) is 1.69. The van der Waals surface area contributed by atoms with Crippen LogP contribution in [0.2, 0.25) is 0 Å². The quantitative estimate of drug-likeness (QED) is 0.854. The van der Waals surface area contributed by atoms with Gasteiger partial charge in [-0.15, -0.1) is 0 Å². The average Bonchev–Trinajstić information content (AvgIpc) is 2.48. The summed E-state index contributed by atoms with van der Waals surface area (Å²) in [7, 11) is 0. The largest absolute Gasteiger partial charge is 0.451 e. The van der Waals surface area contributed by atoms with E-state index in [-0.39, 0.29) is 12.3 Å². The number of carbonyl (C=O) groups is 2. The number of aromatic nitrogens is 2. The molecule has 0 radical (unpaired) electrons. The second-order valence-corrected chi connectivity index (χ2v) is 4.03. The van der Waals surface area contributed by atoms with Gasteiger partial charge in [0.05, 0.1) is 6.20 Å². The Morgan fingerprint density at radius 3 is 2.75 bits per heavy atom. The van der Waals surface area contributed by atoms with Gasteiger partial charge in [0.2, 0.25) is 0 Å². The van der Waals surface area contributed by atoms with Crippen molar-refractivity contribution in [2.45, 2.75) is 6.92 Å².